The van der Waals surface area contributed by atoms with Crippen LogP contribution in [0.3, 0.4) is 0 Å². The Balaban J connectivity index is 1.89. The van der Waals surface area contributed by atoms with Crippen molar-refractivity contribution >= 4 is 0 Å². The number of rotatable bonds is 6. The molecule has 0 atom stereocenters. The van der Waals surface area contributed by atoms with E-state index in [-0.39, 0.29) is 5.82 Å². The maximum Gasteiger partial charge on any atom is 0.123 e. The number of hydrogen-bond acceptors (Lipinski definition) is 1. The van der Waals surface area contributed by atoms with E-state index in [0.29, 0.717) is 11.3 Å². The van der Waals surface area contributed by atoms with Crippen LogP contribution in [-0.2, 0) is 6.42 Å². The van der Waals surface area contributed by atoms with Crippen molar-refractivity contribution in [1.29, 1.82) is 0 Å². The first-order valence-electron chi connectivity index (χ1n) is 7.05. The minimum atomic E-state index is -0.139. The second-order valence-electron chi connectivity index (χ2n) is 6.18. The van der Waals surface area contributed by atoms with Gasteiger partial charge in [0.2, 0.25) is 0 Å². The van der Waals surface area contributed by atoms with Crippen LogP contribution in [0.2, 0.25) is 0 Å². The van der Waals surface area contributed by atoms with E-state index in [1.54, 1.807) is 12.1 Å². The molecule has 0 unspecified atom stereocenters. The van der Waals surface area contributed by atoms with E-state index in [4.69, 9.17) is 0 Å². The minimum absolute atomic E-state index is 0.139. The van der Waals surface area contributed by atoms with Crippen LogP contribution in [0.15, 0.2) is 24.3 Å². The summed E-state index contributed by atoms with van der Waals surface area (Å²) in [5.74, 6) is 0.562. The van der Waals surface area contributed by atoms with E-state index in [2.05, 4.69) is 19.2 Å². The third-order valence-corrected chi connectivity index (χ3v) is 3.96. The van der Waals surface area contributed by atoms with Crippen molar-refractivity contribution in [3.63, 3.8) is 0 Å². The van der Waals surface area contributed by atoms with Gasteiger partial charge >= 0.3 is 0 Å². The zero-order chi connectivity index (χ0) is 13.0. The van der Waals surface area contributed by atoms with E-state index >= 15 is 0 Å². The zero-order valence-corrected chi connectivity index (χ0v) is 11.5. The lowest BCUT2D eigenvalue weighted by atomic mass is 9.65. The highest BCUT2D eigenvalue weighted by Gasteiger charge is 2.36. The van der Waals surface area contributed by atoms with Crippen LogP contribution in [-0.4, -0.2) is 13.1 Å². The lowest BCUT2D eigenvalue weighted by Crippen LogP contribution is -2.42. The van der Waals surface area contributed by atoms with Crippen LogP contribution in [0.5, 0.6) is 0 Å². The molecule has 1 saturated carbocycles. The summed E-state index contributed by atoms with van der Waals surface area (Å²) in [4.78, 5) is 0. The molecule has 1 nitrogen and oxygen atoms in total. The summed E-state index contributed by atoms with van der Waals surface area (Å²) in [6.07, 6.45) is 5.02. The van der Waals surface area contributed by atoms with Gasteiger partial charge in [0.15, 0.2) is 0 Å². The van der Waals surface area contributed by atoms with Gasteiger partial charge in [0.05, 0.1) is 0 Å². The summed E-state index contributed by atoms with van der Waals surface area (Å²) < 4.78 is 12.9. The van der Waals surface area contributed by atoms with Crippen LogP contribution in [0.1, 0.15) is 38.7 Å². The van der Waals surface area contributed by atoms with Gasteiger partial charge in [-0.25, -0.2) is 4.39 Å². The first kappa shape index (κ1) is 13.5. The summed E-state index contributed by atoms with van der Waals surface area (Å²) in [7, 11) is 0. The Labute approximate surface area is 110 Å². The average Bonchev–Trinajstić information content (AvgIpc) is 2.28. The highest BCUT2D eigenvalue weighted by molar-refractivity contribution is 5.18. The molecule has 1 aromatic rings. The molecule has 0 aliphatic heterocycles. The Hall–Kier alpha value is -0.890. The average molecular weight is 249 g/mol. The molecular formula is C16H24FN. The fraction of sp³-hybridized carbons (Fsp3) is 0.625. The highest BCUT2D eigenvalue weighted by atomic mass is 19.1. The van der Waals surface area contributed by atoms with Gasteiger partial charge in [-0.15, -0.1) is 0 Å². The Morgan fingerprint density at radius 3 is 2.39 bits per heavy atom. The fourth-order valence-corrected chi connectivity index (χ4v) is 2.75. The Kier molecular flexibility index (Phi) is 4.39. The van der Waals surface area contributed by atoms with Gasteiger partial charge in [0.25, 0.3) is 0 Å². The molecule has 0 heterocycles. The standard InChI is InChI=1S/C16H24FN/c1-13(2)11-18-12-16(8-3-9-16)10-14-4-6-15(17)7-5-14/h4-7,13,18H,3,8-12H2,1-2H3. The van der Waals surface area contributed by atoms with Gasteiger partial charge in [-0.05, 0) is 54.8 Å². The minimum Gasteiger partial charge on any atom is -0.316 e. The molecule has 1 aliphatic carbocycles. The molecule has 1 aliphatic rings. The second-order valence-corrected chi connectivity index (χ2v) is 6.18. The molecule has 1 fully saturated rings. The lowest BCUT2D eigenvalue weighted by Gasteiger charge is -2.42. The Bertz CT molecular complexity index is 365. The van der Waals surface area contributed by atoms with Crippen LogP contribution in [0.25, 0.3) is 0 Å². The van der Waals surface area contributed by atoms with Crippen LogP contribution in [0.4, 0.5) is 4.39 Å². The first-order valence-corrected chi connectivity index (χ1v) is 7.05. The number of nitrogens with one attached hydrogen (secondary N) is 1. The number of hydrogen-bond donors (Lipinski definition) is 1. The van der Waals surface area contributed by atoms with Crippen LogP contribution in [0, 0.1) is 17.2 Å². The molecule has 0 saturated heterocycles. The van der Waals surface area contributed by atoms with E-state index in [9.17, 15) is 4.39 Å². The van der Waals surface area contributed by atoms with E-state index in [1.807, 2.05) is 12.1 Å². The Morgan fingerprint density at radius 2 is 1.89 bits per heavy atom. The SMILES string of the molecule is CC(C)CNCC1(Cc2ccc(F)cc2)CCC1. The molecule has 18 heavy (non-hydrogen) atoms. The summed E-state index contributed by atoms with van der Waals surface area (Å²) in [6.45, 7) is 6.66. The third-order valence-electron chi connectivity index (χ3n) is 3.96. The zero-order valence-electron chi connectivity index (χ0n) is 11.5. The quantitative estimate of drug-likeness (QED) is 0.809. The second kappa shape index (κ2) is 5.83. The van der Waals surface area contributed by atoms with Gasteiger partial charge in [0.1, 0.15) is 5.82 Å². The van der Waals surface area contributed by atoms with Gasteiger partial charge < -0.3 is 5.32 Å². The molecule has 2 heteroatoms. The predicted octanol–water partition coefficient (Wildman–Crippen LogP) is 3.78. The predicted molar refractivity (Wildman–Crippen MR) is 74.1 cm³/mol. The van der Waals surface area contributed by atoms with Crippen molar-refractivity contribution in [1.82, 2.24) is 5.32 Å². The molecule has 1 N–H and O–H groups in total. The Morgan fingerprint density at radius 1 is 1.22 bits per heavy atom. The molecule has 0 radical (unpaired) electrons. The molecule has 100 valence electrons. The van der Waals surface area contributed by atoms with E-state index in [0.717, 1.165) is 19.5 Å². The maximum atomic E-state index is 12.9. The summed E-state index contributed by atoms with van der Waals surface area (Å²) in [5, 5.41) is 3.59. The number of halogens is 1. The van der Waals surface area contributed by atoms with Crippen molar-refractivity contribution < 1.29 is 4.39 Å². The first-order chi connectivity index (χ1) is 8.60. The molecule has 0 amide bonds. The highest BCUT2D eigenvalue weighted by Crippen LogP contribution is 2.43. The normalized spacial score (nSPS) is 17.8. The van der Waals surface area contributed by atoms with Gasteiger partial charge in [-0.3, -0.25) is 0 Å². The number of benzene rings is 1. The maximum absolute atomic E-state index is 12.9. The fourth-order valence-electron chi connectivity index (χ4n) is 2.75. The molecular weight excluding hydrogens is 225 g/mol. The largest absolute Gasteiger partial charge is 0.316 e. The van der Waals surface area contributed by atoms with Gasteiger partial charge in [-0.2, -0.15) is 0 Å². The van der Waals surface area contributed by atoms with Crippen LogP contribution < -0.4 is 5.32 Å². The molecule has 2 rings (SSSR count). The molecule has 0 bridgehead atoms. The van der Waals surface area contributed by atoms with Crippen LogP contribution >= 0.6 is 0 Å². The van der Waals surface area contributed by atoms with Crippen molar-refractivity contribution in [2.75, 3.05) is 13.1 Å². The van der Waals surface area contributed by atoms with E-state index < -0.39 is 0 Å². The van der Waals surface area contributed by atoms with E-state index in [1.165, 1.54) is 24.8 Å². The van der Waals surface area contributed by atoms with Crippen molar-refractivity contribution in [2.24, 2.45) is 11.3 Å². The topological polar surface area (TPSA) is 12.0 Å². The van der Waals surface area contributed by atoms with Gasteiger partial charge in [-0.1, -0.05) is 32.4 Å². The third kappa shape index (κ3) is 3.55. The summed E-state index contributed by atoms with van der Waals surface area (Å²) >= 11 is 0. The monoisotopic (exact) mass is 249 g/mol. The van der Waals surface area contributed by atoms with Crippen molar-refractivity contribution in [2.45, 2.75) is 39.5 Å². The smallest absolute Gasteiger partial charge is 0.123 e. The van der Waals surface area contributed by atoms with Crippen molar-refractivity contribution in [3.05, 3.63) is 35.6 Å². The van der Waals surface area contributed by atoms with Gasteiger partial charge in [0, 0.05) is 6.54 Å². The summed E-state index contributed by atoms with van der Waals surface area (Å²) in [5.41, 5.74) is 1.69. The van der Waals surface area contributed by atoms with Crippen molar-refractivity contribution in [3.8, 4) is 0 Å². The molecule has 1 aromatic carbocycles. The molecule has 0 aromatic heterocycles. The summed E-state index contributed by atoms with van der Waals surface area (Å²) in [6, 6.07) is 7.00. The molecule has 0 spiro atoms. The lowest BCUT2D eigenvalue weighted by molar-refractivity contribution is 0.129.